The molecule has 0 amide bonds. The Morgan fingerprint density at radius 2 is 1.73 bits per heavy atom. The second kappa shape index (κ2) is 7.62. The number of ether oxygens (including phenoxy) is 4. The molecule has 1 heterocycles. The predicted octanol–water partition coefficient (Wildman–Crippen LogP) is 3.76. The number of rotatable bonds is 5. The fourth-order valence-electron chi connectivity index (χ4n) is 3.17. The summed E-state index contributed by atoms with van der Waals surface area (Å²) in [5.41, 5.74) is 1.88. The van der Waals surface area contributed by atoms with Crippen LogP contribution in [-0.4, -0.2) is 27.3 Å². The maximum Gasteiger partial charge on any atom is 0.373 e. The van der Waals surface area contributed by atoms with E-state index in [-0.39, 0.29) is 11.7 Å². The molecule has 0 saturated heterocycles. The molecule has 0 aliphatic carbocycles. The normalized spacial score (nSPS) is 22.1. The molecule has 3 rings (SSSR count). The van der Waals surface area contributed by atoms with Crippen LogP contribution >= 0.6 is 0 Å². The molecule has 1 aliphatic heterocycles. The maximum atomic E-state index is 12.2. The highest BCUT2D eigenvalue weighted by molar-refractivity contribution is 5.86. The average Bonchev–Trinajstić information content (AvgIpc) is 2.73. The third kappa shape index (κ3) is 3.44. The highest BCUT2D eigenvalue weighted by Gasteiger charge is 2.43. The Labute approximate surface area is 153 Å². The molecule has 0 spiro atoms. The first-order valence-corrected chi connectivity index (χ1v) is 8.35. The smallest absolute Gasteiger partial charge is 0.373 e. The first-order chi connectivity index (χ1) is 12.6. The minimum atomic E-state index is -1.09. The molecule has 136 valence electrons. The number of hydrogen-bond donors (Lipinski definition) is 0. The van der Waals surface area contributed by atoms with Gasteiger partial charge in [0.25, 0.3) is 0 Å². The molecule has 0 radical (unpaired) electrons. The van der Waals surface area contributed by atoms with E-state index in [1.54, 1.807) is 20.3 Å². The van der Waals surface area contributed by atoms with Gasteiger partial charge in [0.1, 0.15) is 5.75 Å². The monoisotopic (exact) mass is 354 g/mol. The number of methoxy groups -OCH3 is 3. The molecule has 0 bridgehead atoms. The topological polar surface area (TPSA) is 54.0 Å². The third-order valence-electron chi connectivity index (χ3n) is 4.59. The van der Waals surface area contributed by atoms with Gasteiger partial charge in [-0.2, -0.15) is 0 Å². The molecule has 2 aromatic carbocycles. The summed E-state index contributed by atoms with van der Waals surface area (Å²) in [6.07, 6.45) is 2.32. The van der Waals surface area contributed by atoms with Crippen LogP contribution in [0.5, 0.6) is 5.75 Å². The van der Waals surface area contributed by atoms with E-state index in [9.17, 15) is 4.79 Å². The van der Waals surface area contributed by atoms with Crippen molar-refractivity contribution in [2.75, 3.05) is 21.3 Å². The van der Waals surface area contributed by atoms with Crippen molar-refractivity contribution < 1.29 is 23.7 Å². The Morgan fingerprint density at radius 3 is 2.31 bits per heavy atom. The van der Waals surface area contributed by atoms with Crippen LogP contribution in [0.4, 0.5) is 0 Å². The average molecular weight is 354 g/mol. The third-order valence-corrected chi connectivity index (χ3v) is 4.59. The lowest BCUT2D eigenvalue weighted by Crippen LogP contribution is -2.38. The van der Waals surface area contributed by atoms with Crippen molar-refractivity contribution >= 4 is 5.97 Å². The molecule has 0 saturated carbocycles. The molecular weight excluding hydrogens is 332 g/mol. The van der Waals surface area contributed by atoms with E-state index < -0.39 is 11.8 Å². The number of allylic oxidation sites excluding steroid dienone is 1. The molecule has 5 nitrogen and oxygen atoms in total. The number of carbonyl (C=O) groups excluding carboxylic acids is 1. The van der Waals surface area contributed by atoms with E-state index in [1.807, 2.05) is 54.6 Å². The molecule has 2 atom stereocenters. The lowest BCUT2D eigenvalue weighted by Gasteiger charge is -2.39. The molecule has 1 aliphatic rings. The summed E-state index contributed by atoms with van der Waals surface area (Å²) in [5.74, 6) is -0.795. The Morgan fingerprint density at radius 1 is 1.04 bits per heavy atom. The van der Waals surface area contributed by atoms with E-state index in [1.165, 1.54) is 7.11 Å². The summed E-state index contributed by atoms with van der Waals surface area (Å²) in [6.45, 7) is 0. The highest BCUT2D eigenvalue weighted by Crippen LogP contribution is 2.44. The van der Waals surface area contributed by atoms with Gasteiger partial charge in [-0.1, -0.05) is 30.3 Å². The van der Waals surface area contributed by atoms with Crippen molar-refractivity contribution in [3.8, 4) is 5.75 Å². The second-order valence-electron chi connectivity index (χ2n) is 6.03. The fraction of sp³-hybridized carbons (Fsp3) is 0.286. The minimum absolute atomic E-state index is 0.0545. The van der Waals surface area contributed by atoms with E-state index in [2.05, 4.69) is 0 Å². The molecule has 2 aromatic rings. The van der Waals surface area contributed by atoms with Gasteiger partial charge in [-0.25, -0.2) is 4.79 Å². The Hall–Kier alpha value is -2.79. The van der Waals surface area contributed by atoms with Gasteiger partial charge in [-0.15, -0.1) is 0 Å². The van der Waals surface area contributed by atoms with E-state index in [4.69, 9.17) is 18.9 Å². The largest absolute Gasteiger partial charge is 0.497 e. The summed E-state index contributed by atoms with van der Waals surface area (Å²) >= 11 is 0. The van der Waals surface area contributed by atoms with Crippen LogP contribution in [-0.2, 0) is 24.8 Å². The number of hydrogen-bond acceptors (Lipinski definition) is 5. The van der Waals surface area contributed by atoms with Crippen LogP contribution in [0, 0.1) is 0 Å². The molecule has 0 N–H and O–H groups in total. The van der Waals surface area contributed by atoms with Gasteiger partial charge in [0.2, 0.25) is 11.5 Å². The fourth-order valence-corrected chi connectivity index (χ4v) is 3.17. The van der Waals surface area contributed by atoms with Gasteiger partial charge >= 0.3 is 5.97 Å². The van der Waals surface area contributed by atoms with Crippen molar-refractivity contribution in [2.24, 2.45) is 0 Å². The number of carbonyl (C=O) groups is 1. The van der Waals surface area contributed by atoms with Gasteiger partial charge in [0.05, 0.1) is 14.2 Å². The molecule has 0 unspecified atom stereocenters. The van der Waals surface area contributed by atoms with Crippen LogP contribution in [0.1, 0.15) is 23.5 Å². The summed E-state index contributed by atoms with van der Waals surface area (Å²) in [4.78, 5) is 12.2. The van der Waals surface area contributed by atoms with Crippen LogP contribution in [0.2, 0.25) is 0 Å². The number of benzene rings is 2. The SMILES string of the molecule is COC(=O)C1=C[C@@H](c2ccccc2)C[C@](OC)(c2ccc(OC)cc2)O1. The van der Waals surface area contributed by atoms with Crippen molar-refractivity contribution in [1.29, 1.82) is 0 Å². The minimum Gasteiger partial charge on any atom is -0.497 e. The quantitative estimate of drug-likeness (QED) is 0.766. The molecule has 5 heteroatoms. The van der Waals surface area contributed by atoms with E-state index in [0.717, 1.165) is 16.9 Å². The van der Waals surface area contributed by atoms with Gasteiger partial charge in [0.15, 0.2) is 0 Å². The second-order valence-corrected chi connectivity index (χ2v) is 6.03. The summed E-state index contributed by atoms with van der Waals surface area (Å²) in [5, 5.41) is 0. The van der Waals surface area contributed by atoms with Crippen LogP contribution < -0.4 is 4.74 Å². The Bertz CT molecular complexity index is 782. The van der Waals surface area contributed by atoms with Crippen LogP contribution in [0.25, 0.3) is 0 Å². The van der Waals surface area contributed by atoms with Crippen LogP contribution in [0.15, 0.2) is 66.4 Å². The van der Waals surface area contributed by atoms with Crippen molar-refractivity contribution in [3.63, 3.8) is 0 Å². The van der Waals surface area contributed by atoms with Crippen LogP contribution in [0.3, 0.4) is 0 Å². The van der Waals surface area contributed by atoms with Crippen molar-refractivity contribution in [2.45, 2.75) is 18.1 Å². The first-order valence-electron chi connectivity index (χ1n) is 8.35. The van der Waals surface area contributed by atoms with Gasteiger partial charge in [-0.3, -0.25) is 0 Å². The highest BCUT2D eigenvalue weighted by atomic mass is 16.7. The van der Waals surface area contributed by atoms with Crippen molar-refractivity contribution in [1.82, 2.24) is 0 Å². The van der Waals surface area contributed by atoms with Crippen molar-refractivity contribution in [3.05, 3.63) is 77.6 Å². The molecule has 0 fully saturated rings. The van der Waals surface area contributed by atoms with Gasteiger partial charge in [0, 0.05) is 25.0 Å². The Balaban J connectivity index is 2.04. The summed E-state index contributed by atoms with van der Waals surface area (Å²) in [6, 6.07) is 17.4. The van der Waals surface area contributed by atoms with Gasteiger partial charge in [-0.05, 0) is 35.9 Å². The van der Waals surface area contributed by atoms with Gasteiger partial charge < -0.3 is 18.9 Å². The zero-order chi connectivity index (χ0) is 18.6. The summed E-state index contributed by atoms with van der Waals surface area (Å²) < 4.78 is 21.9. The van der Waals surface area contributed by atoms with E-state index in [0.29, 0.717) is 6.42 Å². The lowest BCUT2D eigenvalue weighted by atomic mass is 9.85. The molecule has 0 aromatic heterocycles. The Kier molecular flexibility index (Phi) is 5.28. The number of esters is 1. The molecular formula is C21H22O5. The van der Waals surface area contributed by atoms with E-state index >= 15 is 0 Å². The zero-order valence-electron chi connectivity index (χ0n) is 15.1. The standard InChI is InChI=1S/C21H22O5/c1-23-18-11-9-17(10-12-18)21(25-3)14-16(15-7-5-4-6-8-15)13-19(26-21)20(22)24-2/h4-13,16H,14H2,1-3H3/t16-,21-/m1/s1. The molecule has 26 heavy (non-hydrogen) atoms. The first kappa shape index (κ1) is 18.0. The lowest BCUT2D eigenvalue weighted by molar-refractivity contribution is -0.225. The summed E-state index contributed by atoms with van der Waals surface area (Å²) in [7, 11) is 4.52. The predicted molar refractivity (Wildman–Crippen MR) is 96.7 cm³/mol. The zero-order valence-corrected chi connectivity index (χ0v) is 15.1. The maximum absolute atomic E-state index is 12.2.